The quantitative estimate of drug-likeness (QED) is 0.844. The minimum absolute atomic E-state index is 0.172. The lowest BCUT2D eigenvalue weighted by Gasteiger charge is -2.11. The Hall–Kier alpha value is -0.340. The molecule has 0 aliphatic rings. The third-order valence-electron chi connectivity index (χ3n) is 1.90. The summed E-state index contributed by atoms with van der Waals surface area (Å²) in [5.74, 6) is 0. The van der Waals surface area contributed by atoms with Crippen LogP contribution in [-0.2, 0) is 0 Å². The summed E-state index contributed by atoms with van der Waals surface area (Å²) in [5.41, 5.74) is 7.18. The number of benzene rings is 1. The summed E-state index contributed by atoms with van der Waals surface area (Å²) in [7, 11) is 0. The van der Waals surface area contributed by atoms with E-state index in [9.17, 15) is 0 Å². The van der Waals surface area contributed by atoms with E-state index in [4.69, 9.17) is 5.73 Å². The molecule has 0 unspecified atom stereocenters. The van der Waals surface area contributed by atoms with Crippen molar-refractivity contribution in [3.05, 3.63) is 34.3 Å². The van der Waals surface area contributed by atoms with Crippen molar-refractivity contribution in [2.45, 2.75) is 25.8 Å². The smallest absolute Gasteiger partial charge is 0.0305 e. The Balaban J connectivity index is 2.79. The average molecular weight is 228 g/mol. The molecular formula is C10H14BrN. The van der Waals surface area contributed by atoms with Gasteiger partial charge in [0, 0.05) is 10.5 Å². The molecule has 0 radical (unpaired) electrons. The number of nitrogens with two attached hydrogens (primary N) is 1. The van der Waals surface area contributed by atoms with Crippen LogP contribution < -0.4 is 5.73 Å². The van der Waals surface area contributed by atoms with Gasteiger partial charge in [0.1, 0.15) is 0 Å². The molecule has 0 amide bonds. The van der Waals surface area contributed by atoms with E-state index in [1.807, 2.05) is 18.2 Å². The molecule has 1 nitrogen and oxygen atoms in total. The van der Waals surface area contributed by atoms with Crippen LogP contribution >= 0.6 is 15.9 Å². The lowest BCUT2D eigenvalue weighted by molar-refractivity contribution is 0.636. The van der Waals surface area contributed by atoms with Gasteiger partial charge < -0.3 is 5.73 Å². The van der Waals surface area contributed by atoms with Gasteiger partial charge in [-0.3, -0.25) is 0 Å². The SMILES string of the molecule is CCC[C@H](N)c1ccccc1Br. The van der Waals surface area contributed by atoms with Gasteiger partial charge in [-0.05, 0) is 18.1 Å². The largest absolute Gasteiger partial charge is 0.324 e. The average Bonchev–Trinajstić information content (AvgIpc) is 2.05. The maximum absolute atomic E-state index is 5.98. The molecule has 66 valence electrons. The van der Waals surface area contributed by atoms with E-state index in [0.717, 1.165) is 17.3 Å². The molecule has 12 heavy (non-hydrogen) atoms. The van der Waals surface area contributed by atoms with Gasteiger partial charge in [0.25, 0.3) is 0 Å². The molecule has 0 heterocycles. The molecule has 0 spiro atoms. The first kappa shape index (κ1) is 9.75. The molecule has 1 rings (SSSR count). The maximum atomic E-state index is 5.98. The number of hydrogen-bond donors (Lipinski definition) is 1. The summed E-state index contributed by atoms with van der Waals surface area (Å²) in [6, 6.07) is 8.31. The van der Waals surface area contributed by atoms with Crippen LogP contribution in [0.5, 0.6) is 0 Å². The predicted molar refractivity (Wildman–Crippen MR) is 56.0 cm³/mol. The normalized spacial score (nSPS) is 12.9. The summed E-state index contributed by atoms with van der Waals surface area (Å²) in [6.45, 7) is 2.15. The standard InChI is InChI=1S/C10H14BrN/c1-2-5-10(12)8-6-3-4-7-9(8)11/h3-4,6-7,10H,2,5,12H2,1H3/t10-/m0/s1. The molecule has 0 bridgehead atoms. The molecule has 0 aliphatic carbocycles. The highest BCUT2D eigenvalue weighted by molar-refractivity contribution is 9.10. The van der Waals surface area contributed by atoms with Gasteiger partial charge in [-0.2, -0.15) is 0 Å². The van der Waals surface area contributed by atoms with Crippen LogP contribution in [0.25, 0.3) is 0 Å². The third-order valence-corrected chi connectivity index (χ3v) is 2.63. The summed E-state index contributed by atoms with van der Waals surface area (Å²) in [6.07, 6.45) is 2.17. The predicted octanol–water partition coefficient (Wildman–Crippen LogP) is 3.25. The number of halogens is 1. The van der Waals surface area contributed by atoms with E-state index in [0.29, 0.717) is 0 Å². The van der Waals surface area contributed by atoms with Gasteiger partial charge >= 0.3 is 0 Å². The molecule has 1 aromatic carbocycles. The minimum atomic E-state index is 0.172. The van der Waals surface area contributed by atoms with Crippen molar-refractivity contribution in [1.29, 1.82) is 0 Å². The van der Waals surface area contributed by atoms with E-state index in [1.165, 1.54) is 5.56 Å². The number of hydrogen-bond acceptors (Lipinski definition) is 1. The molecule has 0 saturated carbocycles. The zero-order valence-corrected chi connectivity index (χ0v) is 8.84. The van der Waals surface area contributed by atoms with Crippen LogP contribution in [0, 0.1) is 0 Å². The first-order chi connectivity index (χ1) is 5.75. The van der Waals surface area contributed by atoms with Crippen molar-refractivity contribution in [1.82, 2.24) is 0 Å². The Labute approximate surface area is 82.1 Å². The molecule has 0 saturated heterocycles. The van der Waals surface area contributed by atoms with Gasteiger partial charge in [0.15, 0.2) is 0 Å². The Kier molecular flexibility index (Phi) is 3.76. The molecule has 0 fully saturated rings. The van der Waals surface area contributed by atoms with Crippen LogP contribution in [-0.4, -0.2) is 0 Å². The van der Waals surface area contributed by atoms with Crippen molar-refractivity contribution >= 4 is 15.9 Å². The fourth-order valence-electron chi connectivity index (χ4n) is 1.24. The van der Waals surface area contributed by atoms with E-state index < -0.39 is 0 Å². The monoisotopic (exact) mass is 227 g/mol. The Bertz CT molecular complexity index is 247. The zero-order valence-electron chi connectivity index (χ0n) is 7.26. The van der Waals surface area contributed by atoms with Crippen molar-refractivity contribution < 1.29 is 0 Å². The molecule has 2 heteroatoms. The second-order valence-electron chi connectivity index (χ2n) is 2.92. The van der Waals surface area contributed by atoms with Crippen LogP contribution in [0.4, 0.5) is 0 Å². The lowest BCUT2D eigenvalue weighted by atomic mass is 10.0. The summed E-state index contributed by atoms with van der Waals surface area (Å²) in [5, 5.41) is 0. The van der Waals surface area contributed by atoms with E-state index in [-0.39, 0.29) is 6.04 Å². The van der Waals surface area contributed by atoms with E-state index >= 15 is 0 Å². The van der Waals surface area contributed by atoms with Crippen LogP contribution in [0.15, 0.2) is 28.7 Å². The fourth-order valence-corrected chi connectivity index (χ4v) is 1.82. The van der Waals surface area contributed by atoms with Crippen molar-refractivity contribution in [2.75, 3.05) is 0 Å². The first-order valence-corrected chi connectivity index (χ1v) is 5.05. The fraction of sp³-hybridized carbons (Fsp3) is 0.400. The van der Waals surface area contributed by atoms with Crippen molar-refractivity contribution in [2.24, 2.45) is 5.73 Å². The summed E-state index contributed by atoms with van der Waals surface area (Å²) < 4.78 is 1.12. The van der Waals surface area contributed by atoms with Crippen LogP contribution in [0.2, 0.25) is 0 Å². The van der Waals surface area contributed by atoms with Gasteiger partial charge in [-0.25, -0.2) is 0 Å². The molecule has 1 atom stereocenters. The highest BCUT2D eigenvalue weighted by Crippen LogP contribution is 2.23. The topological polar surface area (TPSA) is 26.0 Å². The molecule has 0 aromatic heterocycles. The van der Waals surface area contributed by atoms with Crippen molar-refractivity contribution in [3.63, 3.8) is 0 Å². The molecule has 1 aromatic rings. The second-order valence-corrected chi connectivity index (χ2v) is 3.77. The van der Waals surface area contributed by atoms with E-state index in [2.05, 4.69) is 28.9 Å². The number of rotatable bonds is 3. The Morgan fingerprint density at radius 3 is 2.67 bits per heavy atom. The van der Waals surface area contributed by atoms with E-state index in [1.54, 1.807) is 0 Å². The summed E-state index contributed by atoms with van der Waals surface area (Å²) in [4.78, 5) is 0. The lowest BCUT2D eigenvalue weighted by Crippen LogP contribution is -2.09. The first-order valence-electron chi connectivity index (χ1n) is 4.25. The highest BCUT2D eigenvalue weighted by Gasteiger charge is 2.06. The second kappa shape index (κ2) is 4.63. The summed E-state index contributed by atoms with van der Waals surface area (Å²) >= 11 is 3.49. The Morgan fingerprint density at radius 2 is 2.08 bits per heavy atom. The van der Waals surface area contributed by atoms with Gasteiger partial charge in [-0.1, -0.05) is 47.5 Å². The Morgan fingerprint density at radius 1 is 1.42 bits per heavy atom. The zero-order chi connectivity index (χ0) is 8.97. The maximum Gasteiger partial charge on any atom is 0.0305 e. The molecule has 2 N–H and O–H groups in total. The van der Waals surface area contributed by atoms with Gasteiger partial charge in [-0.15, -0.1) is 0 Å². The highest BCUT2D eigenvalue weighted by atomic mass is 79.9. The van der Waals surface area contributed by atoms with Crippen LogP contribution in [0.1, 0.15) is 31.4 Å². The minimum Gasteiger partial charge on any atom is -0.324 e. The van der Waals surface area contributed by atoms with Crippen molar-refractivity contribution in [3.8, 4) is 0 Å². The van der Waals surface area contributed by atoms with Gasteiger partial charge in [0.05, 0.1) is 0 Å². The van der Waals surface area contributed by atoms with Gasteiger partial charge in [0.2, 0.25) is 0 Å². The molecule has 0 aliphatic heterocycles. The molecular weight excluding hydrogens is 214 g/mol. The third kappa shape index (κ3) is 2.32. The van der Waals surface area contributed by atoms with Crippen LogP contribution in [0.3, 0.4) is 0 Å².